The van der Waals surface area contributed by atoms with Crippen molar-refractivity contribution in [3.05, 3.63) is 76.1 Å². The zero-order chi connectivity index (χ0) is 37.1. The quantitative estimate of drug-likeness (QED) is 0.184. The summed E-state index contributed by atoms with van der Waals surface area (Å²) in [5.74, 6) is 1.01. The lowest BCUT2D eigenvalue weighted by Crippen LogP contribution is -2.68. The van der Waals surface area contributed by atoms with Gasteiger partial charge in [-0.15, -0.1) is 0 Å². The SMILES string of the molecule is CC=C1CN2COC[C@@]3(C(=O)OC)[C@@H]1C[C@H](c1c(OC)ccc4c5c([nH]c14)[C@]1(C(=O)OC)C[C@H]4C[C@H](CC)[C@@H]1N(CC5)C4)c1[nH]c4ccccc4c1C[C@H]23. The summed E-state index contributed by atoms with van der Waals surface area (Å²) in [6.45, 7) is 7.87. The number of ether oxygens (including phenoxy) is 4. The maximum absolute atomic E-state index is 14.5. The fraction of sp³-hybridized carbons (Fsp3) is 0.545. The van der Waals surface area contributed by atoms with E-state index in [1.807, 2.05) is 0 Å². The third-order valence-electron chi connectivity index (χ3n) is 15.0. The third-order valence-corrected chi connectivity index (χ3v) is 15.0. The van der Waals surface area contributed by atoms with Gasteiger partial charge in [0.05, 0.1) is 40.2 Å². The van der Waals surface area contributed by atoms with E-state index < -0.39 is 10.8 Å². The van der Waals surface area contributed by atoms with Gasteiger partial charge in [0, 0.05) is 76.8 Å². The van der Waals surface area contributed by atoms with Crippen LogP contribution in [0.2, 0.25) is 0 Å². The van der Waals surface area contributed by atoms with Crippen LogP contribution in [0.1, 0.15) is 73.5 Å². The molecule has 7 heterocycles. The zero-order valence-electron chi connectivity index (χ0n) is 32.1. The highest BCUT2D eigenvalue weighted by Gasteiger charge is 2.64. The number of hydrogen-bond donors (Lipinski definition) is 2. The molecule has 4 aromatic rings. The second-order valence-corrected chi connectivity index (χ2v) is 17.0. The minimum Gasteiger partial charge on any atom is -0.496 e. The van der Waals surface area contributed by atoms with Crippen molar-refractivity contribution >= 4 is 33.7 Å². The van der Waals surface area contributed by atoms with Gasteiger partial charge < -0.3 is 28.9 Å². The molecule has 0 amide bonds. The maximum Gasteiger partial charge on any atom is 0.319 e. The number of carbonyl (C=O) groups excluding carboxylic acids is 2. The summed E-state index contributed by atoms with van der Waals surface area (Å²) in [6, 6.07) is 12.9. The molecule has 284 valence electrons. The summed E-state index contributed by atoms with van der Waals surface area (Å²) >= 11 is 0. The third kappa shape index (κ3) is 4.39. The first kappa shape index (κ1) is 34.4. The molecule has 2 aromatic carbocycles. The molecule has 10 heteroatoms. The van der Waals surface area contributed by atoms with Gasteiger partial charge in [-0.1, -0.05) is 43.2 Å². The number of aromatic amines is 2. The van der Waals surface area contributed by atoms with Crippen molar-refractivity contribution < 1.29 is 28.5 Å². The molecule has 1 saturated carbocycles. The summed E-state index contributed by atoms with van der Waals surface area (Å²) < 4.78 is 24.2. The summed E-state index contributed by atoms with van der Waals surface area (Å²) in [6.07, 6.45) is 7.40. The number of carbonyl (C=O) groups is 2. The number of nitrogens with zero attached hydrogens (tertiary/aromatic N) is 2. The van der Waals surface area contributed by atoms with Crippen LogP contribution in [-0.2, 0) is 42.1 Å². The highest BCUT2D eigenvalue weighted by atomic mass is 16.5. The molecule has 8 bridgehead atoms. The van der Waals surface area contributed by atoms with E-state index in [1.165, 1.54) is 29.2 Å². The number of esters is 2. The summed E-state index contributed by atoms with van der Waals surface area (Å²) in [5, 5.41) is 2.32. The van der Waals surface area contributed by atoms with Crippen molar-refractivity contribution in [2.24, 2.45) is 23.2 Å². The van der Waals surface area contributed by atoms with Crippen molar-refractivity contribution in [3.63, 3.8) is 0 Å². The molecular weight excluding hydrogens is 681 g/mol. The fourth-order valence-corrected chi connectivity index (χ4v) is 13.0. The van der Waals surface area contributed by atoms with Crippen molar-refractivity contribution in [3.8, 4) is 5.75 Å². The molecule has 10 nitrogen and oxygen atoms in total. The van der Waals surface area contributed by atoms with Gasteiger partial charge in [0.15, 0.2) is 0 Å². The van der Waals surface area contributed by atoms with Gasteiger partial charge >= 0.3 is 11.9 Å². The monoisotopic (exact) mass is 732 g/mol. The average molecular weight is 733 g/mol. The largest absolute Gasteiger partial charge is 0.496 e. The summed E-state index contributed by atoms with van der Waals surface area (Å²) in [7, 11) is 4.83. The van der Waals surface area contributed by atoms with E-state index in [4.69, 9.17) is 18.9 Å². The van der Waals surface area contributed by atoms with E-state index in [0.717, 1.165) is 84.4 Å². The number of aromatic nitrogens is 2. The van der Waals surface area contributed by atoms with Crippen LogP contribution in [0.25, 0.3) is 21.8 Å². The smallest absolute Gasteiger partial charge is 0.319 e. The number of benzene rings is 2. The van der Waals surface area contributed by atoms with Crippen LogP contribution in [-0.4, -0.2) is 98.1 Å². The van der Waals surface area contributed by atoms with Gasteiger partial charge in [0.25, 0.3) is 0 Å². The Morgan fingerprint density at radius 1 is 1.00 bits per heavy atom. The first-order valence-corrected chi connectivity index (χ1v) is 20.0. The van der Waals surface area contributed by atoms with E-state index in [0.29, 0.717) is 38.0 Å². The molecule has 0 spiro atoms. The summed E-state index contributed by atoms with van der Waals surface area (Å²) in [4.78, 5) is 41.8. The molecule has 2 aliphatic carbocycles. The predicted molar refractivity (Wildman–Crippen MR) is 206 cm³/mol. The number of fused-ring (bicyclic) bond motifs is 7. The Labute approximate surface area is 316 Å². The van der Waals surface area contributed by atoms with Crippen LogP contribution in [0.4, 0.5) is 0 Å². The lowest BCUT2D eigenvalue weighted by molar-refractivity contribution is -0.199. The Balaban J connectivity index is 1.26. The molecule has 54 heavy (non-hydrogen) atoms. The number of allylic oxidation sites excluding steroid dienone is 1. The van der Waals surface area contributed by atoms with Gasteiger partial charge in [0.2, 0.25) is 0 Å². The average Bonchev–Trinajstić information content (AvgIpc) is 3.73. The molecule has 0 radical (unpaired) electrons. The maximum atomic E-state index is 14.5. The minimum atomic E-state index is -0.885. The number of nitrogens with one attached hydrogen (secondary N) is 2. The molecule has 5 aliphatic heterocycles. The van der Waals surface area contributed by atoms with Crippen molar-refractivity contribution in [2.75, 3.05) is 54.3 Å². The number of rotatable bonds is 5. The van der Waals surface area contributed by atoms with Crippen LogP contribution < -0.4 is 4.74 Å². The van der Waals surface area contributed by atoms with E-state index in [-0.39, 0.29) is 35.9 Å². The molecule has 5 fully saturated rings. The van der Waals surface area contributed by atoms with Crippen molar-refractivity contribution in [1.82, 2.24) is 19.8 Å². The standard InChI is InChI=1S/C44H52N4O6/c1-6-25-16-24-19-43(41(49)52-4)39-29(14-15-47(20-24)40(25)43)28-12-13-34(51-3)36(38(28)46-39)31-17-32-26(7-2)21-48-23-54-22-44(32,42(50)53-5)35(48)18-30-27-10-8-9-11-33(27)45-37(30)31/h7-13,24-25,31-32,35,40,45-46H,6,14-23H2,1-5H3/t24-,25+,31-,32-,35+,40+,43-,44-/m1/s1. The van der Waals surface area contributed by atoms with Crippen molar-refractivity contribution in [2.45, 2.75) is 75.8 Å². The number of piperidine rings is 3. The van der Waals surface area contributed by atoms with Crippen LogP contribution >= 0.6 is 0 Å². The first-order valence-electron chi connectivity index (χ1n) is 20.0. The molecule has 2 unspecified atom stereocenters. The molecular formula is C44H52N4O6. The molecule has 4 saturated heterocycles. The Morgan fingerprint density at radius 3 is 2.61 bits per heavy atom. The number of H-pyrrole nitrogens is 2. The second kappa shape index (κ2) is 12.4. The lowest BCUT2D eigenvalue weighted by atomic mass is 9.56. The lowest BCUT2D eigenvalue weighted by Gasteiger charge is -2.58. The Kier molecular flexibility index (Phi) is 7.92. The highest BCUT2D eigenvalue weighted by molar-refractivity contribution is 5.95. The van der Waals surface area contributed by atoms with Crippen LogP contribution in [0.15, 0.2) is 48.0 Å². The topological polar surface area (TPSA) is 109 Å². The first-order chi connectivity index (χ1) is 26.3. The molecule has 10 atom stereocenters. The van der Waals surface area contributed by atoms with Gasteiger partial charge in [0.1, 0.15) is 16.6 Å². The second-order valence-electron chi connectivity index (χ2n) is 17.0. The highest BCUT2D eigenvalue weighted by Crippen LogP contribution is 2.59. The van der Waals surface area contributed by atoms with E-state index in [1.54, 1.807) is 14.2 Å². The van der Waals surface area contributed by atoms with E-state index in [9.17, 15) is 9.59 Å². The minimum absolute atomic E-state index is 0.0818. The molecule has 2 aromatic heterocycles. The van der Waals surface area contributed by atoms with Crippen molar-refractivity contribution in [1.29, 1.82) is 0 Å². The van der Waals surface area contributed by atoms with E-state index in [2.05, 4.69) is 76.1 Å². The predicted octanol–water partition coefficient (Wildman–Crippen LogP) is 6.22. The molecule has 11 rings (SSSR count). The van der Waals surface area contributed by atoms with E-state index >= 15 is 0 Å². The summed E-state index contributed by atoms with van der Waals surface area (Å²) in [5.41, 5.74) is 7.40. The Morgan fingerprint density at radius 2 is 1.83 bits per heavy atom. The molecule has 7 aliphatic rings. The molecule has 2 N–H and O–H groups in total. The van der Waals surface area contributed by atoms with Gasteiger partial charge in [-0.2, -0.15) is 0 Å². The van der Waals surface area contributed by atoms with Crippen LogP contribution in [0.5, 0.6) is 5.75 Å². The fourth-order valence-electron chi connectivity index (χ4n) is 13.0. The Bertz CT molecular complexity index is 2220. The van der Waals surface area contributed by atoms with Gasteiger partial charge in [-0.25, -0.2) is 0 Å². The van der Waals surface area contributed by atoms with Gasteiger partial charge in [-0.3, -0.25) is 19.4 Å². The van der Waals surface area contributed by atoms with Crippen LogP contribution in [0.3, 0.4) is 0 Å². The zero-order valence-corrected chi connectivity index (χ0v) is 32.1. The number of para-hydroxylation sites is 1. The number of methoxy groups -OCH3 is 3. The van der Waals surface area contributed by atoms with Gasteiger partial charge in [-0.05, 0) is 80.2 Å². The Hall–Kier alpha value is -4.12. The van der Waals surface area contributed by atoms with Crippen LogP contribution in [0, 0.1) is 23.2 Å². The normalized spacial score (nSPS) is 35.8. The number of hydrogen-bond acceptors (Lipinski definition) is 8.